The van der Waals surface area contributed by atoms with E-state index in [1.54, 1.807) is 0 Å². The van der Waals surface area contributed by atoms with Crippen molar-refractivity contribution >= 4 is 10.0 Å². The third-order valence-corrected chi connectivity index (χ3v) is 5.73. The first-order valence-electron chi connectivity index (χ1n) is 7.15. The first-order chi connectivity index (χ1) is 8.98. The summed E-state index contributed by atoms with van der Waals surface area (Å²) in [4.78, 5) is 0.417. The van der Waals surface area contributed by atoms with Crippen LogP contribution in [0.3, 0.4) is 0 Å². The Bertz CT molecular complexity index is 625. The van der Waals surface area contributed by atoms with Gasteiger partial charge < -0.3 is 0 Å². The molecule has 0 amide bonds. The Labute approximate surface area is 146 Å². The molecule has 2 N–H and O–H groups in total. The molecule has 2 atom stereocenters. The monoisotopic (exact) mass is 368 g/mol. The smallest absolute Gasteiger partial charge is 0.188 e. The van der Waals surface area contributed by atoms with E-state index >= 15 is 0 Å². The predicted molar refractivity (Wildman–Crippen MR) is 76.2 cm³/mol. The summed E-state index contributed by atoms with van der Waals surface area (Å²) in [5, 5.41) is 0. The summed E-state index contributed by atoms with van der Waals surface area (Å²) < 4.78 is 29.3. The molecule has 1 aromatic carbocycles. The number of nitrogens with one attached hydrogen (secondary N) is 1. The SMILES string of the molecule is Cc1cc2c3c(c1S(=N)(=O)O)CCCCC3CCC2.[Y]. The normalized spacial score (nSPS) is 24.0. The molecular weight excluding hydrogens is 347 g/mol. The summed E-state index contributed by atoms with van der Waals surface area (Å²) in [5.41, 5.74) is 4.58. The molecule has 0 aromatic heterocycles. The van der Waals surface area contributed by atoms with Crippen LogP contribution in [-0.4, -0.2) is 8.76 Å². The molecule has 1 radical (unpaired) electrons. The second-order valence-corrected chi connectivity index (χ2v) is 7.39. The summed E-state index contributed by atoms with van der Waals surface area (Å²) >= 11 is 0. The molecule has 0 heterocycles. The molecule has 2 unspecified atom stereocenters. The van der Waals surface area contributed by atoms with Crippen LogP contribution in [0, 0.1) is 11.7 Å². The van der Waals surface area contributed by atoms with Gasteiger partial charge in [0, 0.05) is 32.7 Å². The standard InChI is InChI=1S/C15H21NO2S.Y/c1-10-9-12-7-4-6-11-5-2-3-8-13(14(11)12)15(10)19(16,17)18;/h9,11H,2-8H2,1H3,(H2,16,17,18);. The van der Waals surface area contributed by atoms with Crippen LogP contribution in [0.4, 0.5) is 0 Å². The van der Waals surface area contributed by atoms with E-state index in [0.717, 1.165) is 30.4 Å². The number of aryl methyl sites for hydroxylation is 2. The Hall–Kier alpha value is 0.234. The van der Waals surface area contributed by atoms with Gasteiger partial charge in [0.2, 0.25) is 0 Å². The van der Waals surface area contributed by atoms with Gasteiger partial charge in [-0.2, -0.15) is 0 Å². The van der Waals surface area contributed by atoms with E-state index in [2.05, 4.69) is 6.07 Å². The molecule has 2 aliphatic carbocycles. The van der Waals surface area contributed by atoms with Crippen LogP contribution in [0.1, 0.15) is 60.3 Å². The van der Waals surface area contributed by atoms with E-state index in [-0.39, 0.29) is 32.7 Å². The quantitative estimate of drug-likeness (QED) is 0.787. The minimum absolute atomic E-state index is 0. The van der Waals surface area contributed by atoms with Gasteiger partial charge in [0.1, 0.15) is 0 Å². The average Bonchev–Trinajstić information content (AvgIpc) is 2.51. The zero-order valence-corrected chi connectivity index (χ0v) is 15.6. The molecule has 0 spiro atoms. The van der Waals surface area contributed by atoms with Gasteiger partial charge in [-0.1, -0.05) is 12.5 Å². The van der Waals surface area contributed by atoms with Gasteiger partial charge in [-0.05, 0) is 73.6 Å². The van der Waals surface area contributed by atoms with E-state index in [4.69, 9.17) is 4.78 Å². The Morgan fingerprint density at radius 3 is 2.65 bits per heavy atom. The van der Waals surface area contributed by atoms with Gasteiger partial charge in [0.15, 0.2) is 10.0 Å². The van der Waals surface area contributed by atoms with Crippen LogP contribution < -0.4 is 0 Å². The van der Waals surface area contributed by atoms with Crippen molar-refractivity contribution in [2.75, 3.05) is 0 Å². The minimum atomic E-state index is -3.62. The van der Waals surface area contributed by atoms with Crippen LogP contribution in [0.2, 0.25) is 0 Å². The maximum atomic E-state index is 11.9. The molecule has 1 aromatic rings. The van der Waals surface area contributed by atoms with E-state index in [9.17, 15) is 8.76 Å². The Morgan fingerprint density at radius 2 is 1.95 bits per heavy atom. The minimum Gasteiger partial charge on any atom is -0.297 e. The van der Waals surface area contributed by atoms with Gasteiger partial charge in [-0.15, -0.1) is 0 Å². The second-order valence-electron chi connectivity index (χ2n) is 5.93. The number of benzene rings is 1. The second kappa shape index (κ2) is 6.15. The largest absolute Gasteiger partial charge is 0.297 e. The molecule has 3 rings (SSSR count). The number of hydrogen-bond acceptors (Lipinski definition) is 2. The van der Waals surface area contributed by atoms with E-state index in [1.807, 2.05) is 6.92 Å². The fraction of sp³-hybridized carbons (Fsp3) is 0.600. The molecule has 0 saturated carbocycles. The molecule has 0 bridgehead atoms. The van der Waals surface area contributed by atoms with Crippen molar-refractivity contribution < 1.29 is 41.5 Å². The fourth-order valence-electron chi connectivity index (χ4n) is 3.97. The molecule has 0 aliphatic heterocycles. The van der Waals surface area contributed by atoms with Crippen molar-refractivity contribution in [2.24, 2.45) is 0 Å². The van der Waals surface area contributed by atoms with Crippen LogP contribution >= 0.6 is 0 Å². The zero-order valence-electron chi connectivity index (χ0n) is 11.9. The van der Waals surface area contributed by atoms with Gasteiger partial charge >= 0.3 is 0 Å². The molecule has 20 heavy (non-hydrogen) atoms. The van der Waals surface area contributed by atoms with Crippen LogP contribution in [0.15, 0.2) is 11.0 Å². The van der Waals surface area contributed by atoms with E-state index in [0.29, 0.717) is 10.8 Å². The maximum Gasteiger partial charge on any atom is 0.188 e. The Morgan fingerprint density at radius 1 is 1.25 bits per heavy atom. The topological polar surface area (TPSA) is 61.2 Å². The third-order valence-electron chi connectivity index (χ3n) is 4.61. The summed E-state index contributed by atoms with van der Waals surface area (Å²) in [6.45, 7) is 1.88. The van der Waals surface area contributed by atoms with Crippen molar-refractivity contribution in [1.82, 2.24) is 0 Å². The van der Waals surface area contributed by atoms with Crippen molar-refractivity contribution in [2.45, 2.75) is 62.7 Å². The molecule has 5 heteroatoms. The van der Waals surface area contributed by atoms with Crippen molar-refractivity contribution in [3.05, 3.63) is 28.3 Å². The summed E-state index contributed by atoms with van der Waals surface area (Å²) in [7, 11) is -3.62. The zero-order chi connectivity index (χ0) is 13.6. The molecule has 2 aliphatic rings. The first kappa shape index (κ1) is 16.6. The van der Waals surface area contributed by atoms with Crippen molar-refractivity contribution in [3.8, 4) is 0 Å². The third kappa shape index (κ3) is 2.90. The van der Waals surface area contributed by atoms with Crippen molar-refractivity contribution in [1.29, 1.82) is 4.78 Å². The number of hydrogen-bond donors (Lipinski definition) is 2. The van der Waals surface area contributed by atoms with Gasteiger partial charge in [-0.25, -0.2) is 8.99 Å². The van der Waals surface area contributed by atoms with Gasteiger partial charge in [0.25, 0.3) is 0 Å². The van der Waals surface area contributed by atoms with E-state index in [1.165, 1.54) is 36.8 Å². The van der Waals surface area contributed by atoms with Crippen LogP contribution in [-0.2, 0) is 55.6 Å². The van der Waals surface area contributed by atoms with Gasteiger partial charge in [0.05, 0.1) is 4.90 Å². The molecule has 107 valence electrons. The summed E-state index contributed by atoms with van der Waals surface area (Å²) in [5.74, 6) is 0.558. The Kier molecular flexibility index (Phi) is 5.11. The average molecular weight is 368 g/mol. The molecule has 0 saturated heterocycles. The predicted octanol–water partition coefficient (Wildman–Crippen LogP) is 4.02. The Balaban J connectivity index is 0.00000147. The fourth-order valence-corrected chi connectivity index (χ4v) is 5.01. The maximum absolute atomic E-state index is 11.9. The van der Waals surface area contributed by atoms with Crippen LogP contribution in [0.5, 0.6) is 0 Å². The molecule has 3 nitrogen and oxygen atoms in total. The first-order valence-corrected chi connectivity index (χ1v) is 8.66. The van der Waals surface area contributed by atoms with Gasteiger partial charge in [-0.3, -0.25) is 4.55 Å². The summed E-state index contributed by atoms with van der Waals surface area (Å²) in [6, 6.07) is 2.07. The number of rotatable bonds is 1. The van der Waals surface area contributed by atoms with E-state index < -0.39 is 10.0 Å². The molecular formula is C15H21NO2SY. The van der Waals surface area contributed by atoms with Crippen LogP contribution in [0.25, 0.3) is 0 Å². The molecule has 0 fully saturated rings. The van der Waals surface area contributed by atoms with Crippen molar-refractivity contribution in [3.63, 3.8) is 0 Å². The summed E-state index contributed by atoms with van der Waals surface area (Å²) in [6.07, 6.45) is 7.86.